The number of hydrogen-bond acceptors (Lipinski definition) is 6. The molecule has 1 aliphatic carbocycles. The van der Waals surface area contributed by atoms with E-state index in [-0.39, 0.29) is 23.6 Å². The maximum absolute atomic E-state index is 12.5. The van der Waals surface area contributed by atoms with Gasteiger partial charge in [-0.15, -0.1) is 11.3 Å². The first-order valence-corrected chi connectivity index (χ1v) is 11.3. The quantitative estimate of drug-likeness (QED) is 0.454. The molecule has 2 aromatic rings. The molecule has 6 nitrogen and oxygen atoms in total. The Hall–Kier alpha value is -1.97. The number of rotatable bonds is 6. The molecule has 0 spiro atoms. The van der Waals surface area contributed by atoms with Gasteiger partial charge in [0.1, 0.15) is 10.8 Å². The van der Waals surface area contributed by atoms with Gasteiger partial charge in [0.25, 0.3) is 5.91 Å². The molecule has 0 saturated heterocycles. The zero-order valence-corrected chi connectivity index (χ0v) is 19.1. The van der Waals surface area contributed by atoms with Gasteiger partial charge in [0.2, 0.25) is 0 Å². The second-order valence-corrected chi connectivity index (χ2v) is 8.81. The summed E-state index contributed by atoms with van der Waals surface area (Å²) in [6, 6.07) is 7.18. The fourth-order valence-corrected chi connectivity index (χ4v) is 4.88. The standard InChI is InChI=1S/C20H21BrN2O4S2/c1-2-26-19(25)17-14-5-3-4-6-15(14)29-18(17)23-20(28)22-16(24)11-27-13-9-7-12(21)8-10-13/h7-10H,2-6,11H2,1H3,(H2,22,23,24,28). The molecule has 1 heterocycles. The topological polar surface area (TPSA) is 76.7 Å². The molecule has 1 amide bonds. The van der Waals surface area contributed by atoms with Crippen molar-refractivity contribution >= 4 is 61.5 Å². The first-order chi connectivity index (χ1) is 14.0. The van der Waals surface area contributed by atoms with E-state index in [1.807, 2.05) is 12.1 Å². The lowest BCUT2D eigenvalue weighted by molar-refractivity contribution is -0.121. The van der Waals surface area contributed by atoms with Crippen LogP contribution in [0, 0.1) is 0 Å². The summed E-state index contributed by atoms with van der Waals surface area (Å²) >= 11 is 10.1. The van der Waals surface area contributed by atoms with Gasteiger partial charge in [0.15, 0.2) is 11.7 Å². The lowest BCUT2D eigenvalue weighted by Crippen LogP contribution is -2.37. The van der Waals surface area contributed by atoms with Crippen LogP contribution >= 0.6 is 39.5 Å². The molecule has 0 fully saturated rings. The molecule has 9 heteroatoms. The van der Waals surface area contributed by atoms with Crippen LogP contribution in [0.25, 0.3) is 0 Å². The molecule has 2 N–H and O–H groups in total. The van der Waals surface area contributed by atoms with E-state index < -0.39 is 0 Å². The van der Waals surface area contributed by atoms with Crippen molar-refractivity contribution in [1.82, 2.24) is 5.32 Å². The number of halogens is 1. The Bertz CT molecular complexity index is 912. The summed E-state index contributed by atoms with van der Waals surface area (Å²) in [7, 11) is 0. The Balaban J connectivity index is 1.62. The van der Waals surface area contributed by atoms with Crippen molar-refractivity contribution < 1.29 is 19.1 Å². The number of hydrogen-bond donors (Lipinski definition) is 2. The van der Waals surface area contributed by atoms with Gasteiger partial charge < -0.3 is 14.8 Å². The predicted molar refractivity (Wildman–Crippen MR) is 121 cm³/mol. The third kappa shape index (κ3) is 5.77. The van der Waals surface area contributed by atoms with Gasteiger partial charge >= 0.3 is 5.97 Å². The Morgan fingerprint density at radius 3 is 2.66 bits per heavy atom. The van der Waals surface area contributed by atoms with Gasteiger partial charge in [-0.3, -0.25) is 10.1 Å². The SMILES string of the molecule is CCOC(=O)c1c(NC(=S)NC(=O)COc2ccc(Br)cc2)sc2c1CCCC2. The van der Waals surface area contributed by atoms with Crippen LogP contribution in [0.3, 0.4) is 0 Å². The zero-order chi connectivity index (χ0) is 20.8. The maximum Gasteiger partial charge on any atom is 0.341 e. The number of fused-ring (bicyclic) bond motifs is 1. The predicted octanol–water partition coefficient (Wildman–Crippen LogP) is 4.46. The summed E-state index contributed by atoms with van der Waals surface area (Å²) in [4.78, 5) is 25.8. The average molecular weight is 497 g/mol. The molecule has 0 bridgehead atoms. The molecular weight excluding hydrogens is 476 g/mol. The first-order valence-electron chi connectivity index (χ1n) is 9.28. The summed E-state index contributed by atoms with van der Waals surface area (Å²) in [5.41, 5.74) is 1.57. The van der Waals surface area contributed by atoms with Gasteiger partial charge in [-0.25, -0.2) is 4.79 Å². The lowest BCUT2D eigenvalue weighted by atomic mass is 9.95. The molecule has 0 atom stereocenters. The molecule has 0 saturated carbocycles. The highest BCUT2D eigenvalue weighted by atomic mass is 79.9. The van der Waals surface area contributed by atoms with Gasteiger partial charge in [0.05, 0.1) is 12.2 Å². The number of nitrogens with one attached hydrogen (secondary N) is 2. The highest BCUT2D eigenvalue weighted by Gasteiger charge is 2.27. The number of thiophene rings is 1. The molecule has 29 heavy (non-hydrogen) atoms. The highest BCUT2D eigenvalue weighted by Crippen LogP contribution is 2.38. The fourth-order valence-electron chi connectivity index (χ4n) is 3.05. The number of amides is 1. The van der Waals surface area contributed by atoms with Gasteiger partial charge in [-0.2, -0.15) is 0 Å². The second-order valence-electron chi connectivity index (χ2n) is 6.38. The highest BCUT2D eigenvalue weighted by molar-refractivity contribution is 9.10. The summed E-state index contributed by atoms with van der Waals surface area (Å²) in [6.45, 7) is 1.91. The summed E-state index contributed by atoms with van der Waals surface area (Å²) < 4.78 is 11.6. The molecule has 0 aliphatic heterocycles. The van der Waals surface area contributed by atoms with Crippen molar-refractivity contribution in [3.05, 3.63) is 44.7 Å². The normalized spacial score (nSPS) is 12.6. The van der Waals surface area contributed by atoms with E-state index in [9.17, 15) is 9.59 Å². The Morgan fingerprint density at radius 1 is 1.21 bits per heavy atom. The molecular formula is C20H21BrN2O4S2. The first kappa shape index (κ1) is 21.7. The van der Waals surface area contributed by atoms with Crippen LogP contribution in [-0.4, -0.2) is 30.2 Å². The van der Waals surface area contributed by atoms with Crippen LogP contribution in [-0.2, 0) is 22.4 Å². The summed E-state index contributed by atoms with van der Waals surface area (Å²) in [5.74, 6) is -0.163. The molecule has 1 aromatic carbocycles. The van der Waals surface area contributed by atoms with Crippen LogP contribution in [0.1, 0.15) is 40.6 Å². The second kappa shape index (κ2) is 10.2. The molecule has 1 aliphatic rings. The third-order valence-corrected chi connectivity index (χ3v) is 6.25. The van der Waals surface area contributed by atoms with E-state index >= 15 is 0 Å². The zero-order valence-electron chi connectivity index (χ0n) is 15.9. The number of carbonyl (C=O) groups is 2. The Morgan fingerprint density at radius 2 is 1.93 bits per heavy atom. The largest absolute Gasteiger partial charge is 0.484 e. The number of benzene rings is 1. The molecule has 0 unspecified atom stereocenters. The summed E-state index contributed by atoms with van der Waals surface area (Å²) in [5, 5.41) is 6.33. The molecule has 1 aromatic heterocycles. The minimum atomic E-state index is -0.385. The molecule has 154 valence electrons. The van der Waals surface area contributed by atoms with Crippen LogP contribution in [0.2, 0.25) is 0 Å². The number of thiocarbonyl (C=S) groups is 1. The van der Waals surface area contributed by atoms with E-state index in [0.717, 1.165) is 35.7 Å². The maximum atomic E-state index is 12.5. The van der Waals surface area contributed by atoms with Crippen LogP contribution < -0.4 is 15.4 Å². The van der Waals surface area contributed by atoms with E-state index in [2.05, 4.69) is 26.6 Å². The fraction of sp³-hybridized carbons (Fsp3) is 0.350. The Labute approximate surface area is 187 Å². The number of carbonyl (C=O) groups excluding carboxylic acids is 2. The minimum Gasteiger partial charge on any atom is -0.484 e. The third-order valence-electron chi connectivity index (χ3n) is 4.31. The molecule has 0 radical (unpaired) electrons. The van der Waals surface area contributed by atoms with Gasteiger partial charge in [0, 0.05) is 9.35 Å². The van der Waals surface area contributed by atoms with E-state index in [0.29, 0.717) is 22.9 Å². The Kier molecular flexibility index (Phi) is 7.63. The van der Waals surface area contributed by atoms with Crippen LogP contribution in [0.15, 0.2) is 28.7 Å². The average Bonchev–Trinajstić information content (AvgIpc) is 3.05. The van der Waals surface area contributed by atoms with Crippen molar-refractivity contribution in [1.29, 1.82) is 0 Å². The molecule has 3 rings (SSSR count). The van der Waals surface area contributed by atoms with E-state index in [4.69, 9.17) is 21.7 Å². The number of anilines is 1. The van der Waals surface area contributed by atoms with Gasteiger partial charge in [-0.05, 0) is 74.7 Å². The van der Waals surface area contributed by atoms with Crippen LogP contribution in [0.5, 0.6) is 5.75 Å². The van der Waals surface area contributed by atoms with Crippen molar-refractivity contribution in [3.8, 4) is 5.75 Å². The van der Waals surface area contributed by atoms with Gasteiger partial charge in [-0.1, -0.05) is 15.9 Å². The van der Waals surface area contributed by atoms with Crippen molar-refractivity contribution in [2.24, 2.45) is 0 Å². The number of esters is 1. The van der Waals surface area contributed by atoms with Crippen LogP contribution in [0.4, 0.5) is 5.00 Å². The van der Waals surface area contributed by atoms with Crippen molar-refractivity contribution in [2.75, 3.05) is 18.5 Å². The monoisotopic (exact) mass is 496 g/mol. The minimum absolute atomic E-state index is 0.124. The summed E-state index contributed by atoms with van der Waals surface area (Å²) in [6.07, 6.45) is 3.93. The van der Waals surface area contributed by atoms with Crippen molar-refractivity contribution in [3.63, 3.8) is 0 Å². The lowest BCUT2D eigenvalue weighted by Gasteiger charge is -2.13. The van der Waals surface area contributed by atoms with E-state index in [1.165, 1.54) is 16.2 Å². The number of aryl methyl sites for hydroxylation is 1. The number of ether oxygens (including phenoxy) is 2. The van der Waals surface area contributed by atoms with Crippen molar-refractivity contribution in [2.45, 2.75) is 32.6 Å². The smallest absolute Gasteiger partial charge is 0.341 e. The van der Waals surface area contributed by atoms with E-state index in [1.54, 1.807) is 19.1 Å².